The van der Waals surface area contributed by atoms with Crippen LogP contribution in [0.25, 0.3) is 0 Å². The number of nitrogens with zero attached hydrogens (tertiary/aromatic N) is 2. The van der Waals surface area contributed by atoms with Gasteiger partial charge in [-0.3, -0.25) is 14.4 Å². The first-order valence-electron chi connectivity index (χ1n) is 9.78. The lowest BCUT2D eigenvalue weighted by molar-refractivity contribution is -0.150. The zero-order valence-electron chi connectivity index (χ0n) is 17.3. The molecule has 30 heavy (non-hydrogen) atoms. The van der Waals surface area contributed by atoms with Crippen LogP contribution in [0.5, 0.6) is 0 Å². The molecule has 12 heteroatoms. The summed E-state index contributed by atoms with van der Waals surface area (Å²) in [5, 5.41) is 21.8. The van der Waals surface area contributed by atoms with Crippen molar-refractivity contribution in [3.05, 3.63) is 0 Å². The smallest absolute Gasteiger partial charge is 0.331 e. The number of aliphatic hydroxyl groups is 2. The van der Waals surface area contributed by atoms with Gasteiger partial charge in [0, 0.05) is 12.3 Å². The number of hydrogen-bond acceptors (Lipinski definition) is 9. The molecule has 0 aliphatic carbocycles. The first-order valence-corrected chi connectivity index (χ1v) is 10.9. The number of carbonyl (C=O) groups excluding carboxylic acids is 4. The summed E-state index contributed by atoms with van der Waals surface area (Å²) in [6.45, 7) is 3.09. The highest BCUT2D eigenvalue weighted by Gasteiger charge is 2.44. The number of hydrogen-bond donors (Lipinski definition) is 4. The molecule has 0 bridgehead atoms. The number of likely N-dealkylation sites (tertiary alicyclic amines) is 1. The van der Waals surface area contributed by atoms with E-state index in [4.69, 9.17) is 5.73 Å². The van der Waals surface area contributed by atoms with Crippen molar-refractivity contribution in [3.8, 4) is 0 Å². The zero-order valence-corrected chi connectivity index (χ0v) is 18.1. The average molecular weight is 447 g/mol. The number of ether oxygens (including phenoxy) is 1. The second-order valence-corrected chi connectivity index (χ2v) is 8.53. The van der Waals surface area contributed by atoms with Gasteiger partial charge in [-0.2, -0.15) is 0 Å². The van der Waals surface area contributed by atoms with Crippen molar-refractivity contribution in [2.24, 2.45) is 5.73 Å². The van der Waals surface area contributed by atoms with Gasteiger partial charge in [-0.15, -0.1) is 11.8 Å². The highest BCUT2D eigenvalue weighted by molar-refractivity contribution is 7.99. The molecular weight excluding hydrogens is 416 g/mol. The van der Waals surface area contributed by atoms with Crippen molar-refractivity contribution in [3.63, 3.8) is 0 Å². The molecule has 0 aromatic carbocycles. The van der Waals surface area contributed by atoms with E-state index in [1.165, 1.54) is 35.4 Å². The van der Waals surface area contributed by atoms with E-state index in [0.717, 1.165) is 7.11 Å². The Morgan fingerprint density at radius 2 is 1.80 bits per heavy atom. The van der Waals surface area contributed by atoms with Gasteiger partial charge in [0.1, 0.15) is 18.1 Å². The fourth-order valence-electron chi connectivity index (χ4n) is 3.51. The predicted molar refractivity (Wildman–Crippen MR) is 108 cm³/mol. The molecule has 0 spiro atoms. The molecule has 6 atom stereocenters. The number of nitrogens with one attached hydrogen (secondary N) is 1. The summed E-state index contributed by atoms with van der Waals surface area (Å²) in [7, 11) is 1.15. The van der Waals surface area contributed by atoms with Crippen LogP contribution in [0.2, 0.25) is 0 Å². The molecule has 2 heterocycles. The second-order valence-electron chi connectivity index (χ2n) is 7.53. The Labute approximate surface area is 179 Å². The van der Waals surface area contributed by atoms with Crippen LogP contribution in [0, 0.1) is 0 Å². The Hall–Kier alpha value is -1.89. The molecule has 2 saturated heterocycles. The maximum Gasteiger partial charge on any atom is 0.331 e. The third-order valence-electron chi connectivity index (χ3n) is 5.33. The molecule has 0 unspecified atom stereocenters. The van der Waals surface area contributed by atoms with Gasteiger partial charge < -0.3 is 35.8 Å². The Kier molecular flexibility index (Phi) is 8.47. The summed E-state index contributed by atoms with van der Waals surface area (Å²) in [5.74, 6) is -1.62. The number of esters is 1. The molecule has 2 aliphatic rings. The summed E-state index contributed by atoms with van der Waals surface area (Å²) in [4.78, 5) is 53.0. The molecule has 0 aromatic heterocycles. The molecule has 11 nitrogen and oxygen atoms in total. The van der Waals surface area contributed by atoms with Crippen molar-refractivity contribution in [2.45, 2.75) is 63.1 Å². The molecule has 2 aliphatic heterocycles. The van der Waals surface area contributed by atoms with Gasteiger partial charge in [-0.1, -0.05) is 0 Å². The standard InChI is InChI=1S/C18H30N4O7S/c1-9(23)13(19)17(27)22-8-30-7-12(22)16(26)21-6-4-5-11(21)15(25)20-14(10(2)24)18(28)29-3/h9-14,23-24H,4-8,19H2,1-3H3,(H,20,25)/t9-,10-,11+,12+,13+,14+/m1/s1. The van der Waals surface area contributed by atoms with E-state index < -0.39 is 54.2 Å². The van der Waals surface area contributed by atoms with E-state index in [1.54, 1.807) is 0 Å². The van der Waals surface area contributed by atoms with Crippen molar-refractivity contribution in [1.29, 1.82) is 0 Å². The molecule has 170 valence electrons. The quantitative estimate of drug-likeness (QED) is 0.313. The number of rotatable bonds is 7. The summed E-state index contributed by atoms with van der Waals surface area (Å²) >= 11 is 1.39. The third-order valence-corrected chi connectivity index (χ3v) is 6.34. The summed E-state index contributed by atoms with van der Waals surface area (Å²) in [6.07, 6.45) is -1.25. The third kappa shape index (κ3) is 5.23. The number of thioether (sulfide) groups is 1. The van der Waals surface area contributed by atoms with E-state index in [0.29, 0.717) is 25.1 Å². The molecular formula is C18H30N4O7S. The molecule has 0 saturated carbocycles. The summed E-state index contributed by atoms with van der Waals surface area (Å²) in [5.41, 5.74) is 5.75. The first kappa shape index (κ1) is 24.4. The molecule has 3 amide bonds. The fraction of sp³-hybridized carbons (Fsp3) is 0.778. The first-order chi connectivity index (χ1) is 14.1. The van der Waals surface area contributed by atoms with Gasteiger partial charge in [0.15, 0.2) is 6.04 Å². The maximum atomic E-state index is 13.2. The average Bonchev–Trinajstić information content (AvgIpc) is 3.38. The zero-order chi connectivity index (χ0) is 22.6. The number of amides is 3. The molecule has 2 fully saturated rings. The van der Waals surface area contributed by atoms with Crippen molar-refractivity contribution >= 4 is 35.5 Å². The minimum absolute atomic E-state index is 0.271. The number of aliphatic hydroxyl groups excluding tert-OH is 2. The topological polar surface area (TPSA) is 162 Å². The minimum atomic E-state index is -1.25. The molecule has 2 rings (SSSR count). The van der Waals surface area contributed by atoms with Gasteiger partial charge in [0.25, 0.3) is 0 Å². The Bertz CT molecular complexity index is 675. The van der Waals surface area contributed by atoms with Crippen LogP contribution >= 0.6 is 11.8 Å². The van der Waals surface area contributed by atoms with E-state index in [9.17, 15) is 29.4 Å². The van der Waals surface area contributed by atoms with E-state index in [-0.39, 0.29) is 11.8 Å². The van der Waals surface area contributed by atoms with Crippen molar-refractivity contribution in [1.82, 2.24) is 15.1 Å². The van der Waals surface area contributed by atoms with Gasteiger partial charge >= 0.3 is 5.97 Å². The van der Waals surface area contributed by atoms with E-state index in [2.05, 4.69) is 10.1 Å². The molecule has 5 N–H and O–H groups in total. The summed E-state index contributed by atoms with van der Waals surface area (Å²) in [6, 6.07) is -3.99. The lowest BCUT2D eigenvalue weighted by atomic mass is 10.1. The number of nitrogens with two attached hydrogens (primary N) is 1. The lowest BCUT2D eigenvalue weighted by Crippen LogP contribution is -2.58. The predicted octanol–water partition coefficient (Wildman–Crippen LogP) is -2.37. The maximum absolute atomic E-state index is 13.2. The highest BCUT2D eigenvalue weighted by atomic mass is 32.2. The fourth-order valence-corrected chi connectivity index (χ4v) is 4.66. The van der Waals surface area contributed by atoms with Gasteiger partial charge in [-0.05, 0) is 26.7 Å². The van der Waals surface area contributed by atoms with Crippen molar-refractivity contribution < 1.29 is 34.1 Å². The van der Waals surface area contributed by atoms with Gasteiger partial charge in [-0.25, -0.2) is 4.79 Å². The Morgan fingerprint density at radius 3 is 2.37 bits per heavy atom. The normalized spacial score (nSPS) is 25.4. The van der Waals surface area contributed by atoms with Crippen LogP contribution in [-0.2, 0) is 23.9 Å². The Balaban J connectivity index is 2.12. The van der Waals surface area contributed by atoms with Crippen LogP contribution in [0.1, 0.15) is 26.7 Å². The van der Waals surface area contributed by atoms with Crippen LogP contribution in [0.4, 0.5) is 0 Å². The highest BCUT2D eigenvalue weighted by Crippen LogP contribution is 2.27. The SMILES string of the molecule is COC(=O)[C@@H](NC(=O)[C@@H]1CCCN1C(=O)[C@@H]1CSCN1C(=O)[C@@H](N)[C@@H](C)O)[C@@H](C)O. The van der Waals surface area contributed by atoms with Crippen LogP contribution in [0.15, 0.2) is 0 Å². The van der Waals surface area contributed by atoms with Crippen LogP contribution in [0.3, 0.4) is 0 Å². The number of carbonyl (C=O) groups is 4. The largest absolute Gasteiger partial charge is 0.467 e. The van der Waals surface area contributed by atoms with Crippen LogP contribution < -0.4 is 11.1 Å². The van der Waals surface area contributed by atoms with Crippen LogP contribution in [-0.4, -0.2) is 105 Å². The van der Waals surface area contributed by atoms with Gasteiger partial charge in [0.2, 0.25) is 17.7 Å². The number of methoxy groups -OCH3 is 1. The monoisotopic (exact) mass is 446 g/mol. The lowest BCUT2D eigenvalue weighted by Gasteiger charge is -2.32. The molecule has 0 radical (unpaired) electrons. The van der Waals surface area contributed by atoms with E-state index >= 15 is 0 Å². The minimum Gasteiger partial charge on any atom is -0.467 e. The molecule has 0 aromatic rings. The summed E-state index contributed by atoms with van der Waals surface area (Å²) < 4.78 is 4.60. The van der Waals surface area contributed by atoms with Crippen molar-refractivity contribution in [2.75, 3.05) is 25.3 Å². The van der Waals surface area contributed by atoms with E-state index in [1.807, 2.05) is 0 Å². The second kappa shape index (κ2) is 10.4. The van der Waals surface area contributed by atoms with Gasteiger partial charge in [0.05, 0.1) is 25.2 Å². The Morgan fingerprint density at radius 1 is 1.13 bits per heavy atom.